The number of piperidine rings is 1. The molecule has 3 nitrogen and oxygen atoms in total. The highest BCUT2D eigenvalue weighted by molar-refractivity contribution is 6.35. The van der Waals surface area contributed by atoms with E-state index in [1.807, 2.05) is 18.2 Å². The molecule has 0 unspecified atom stereocenters. The second-order valence-corrected chi connectivity index (χ2v) is 6.07. The van der Waals surface area contributed by atoms with Crippen molar-refractivity contribution in [2.45, 2.75) is 25.7 Å². The van der Waals surface area contributed by atoms with Gasteiger partial charge in [0.15, 0.2) is 0 Å². The van der Waals surface area contributed by atoms with Gasteiger partial charge in [0, 0.05) is 10.0 Å². The molecule has 110 valence electrons. The average Bonchev–Trinajstić information content (AvgIpc) is 2.42. The molecule has 0 saturated carbocycles. The zero-order valence-corrected chi connectivity index (χ0v) is 12.8. The van der Waals surface area contributed by atoms with Gasteiger partial charge in [0.25, 0.3) is 0 Å². The van der Waals surface area contributed by atoms with Crippen LogP contribution in [0.3, 0.4) is 0 Å². The van der Waals surface area contributed by atoms with Crippen molar-refractivity contribution in [2.75, 3.05) is 19.6 Å². The Hall–Kier alpha value is -0.770. The second kappa shape index (κ2) is 7.30. The van der Waals surface area contributed by atoms with Crippen molar-refractivity contribution in [2.24, 2.45) is 5.92 Å². The number of carboxylic acid groups (broad SMARTS) is 1. The third-order valence-corrected chi connectivity index (χ3v) is 4.61. The molecule has 5 heteroatoms. The van der Waals surface area contributed by atoms with E-state index >= 15 is 0 Å². The molecule has 0 aliphatic carbocycles. The lowest BCUT2D eigenvalue weighted by atomic mass is 9.97. The first-order valence-corrected chi connectivity index (χ1v) is 7.71. The van der Waals surface area contributed by atoms with Gasteiger partial charge in [-0.1, -0.05) is 29.3 Å². The quantitative estimate of drug-likeness (QED) is 0.900. The number of hydrogen-bond acceptors (Lipinski definition) is 2. The van der Waals surface area contributed by atoms with Crippen molar-refractivity contribution in [3.05, 3.63) is 33.8 Å². The zero-order valence-electron chi connectivity index (χ0n) is 11.3. The van der Waals surface area contributed by atoms with Crippen LogP contribution < -0.4 is 0 Å². The lowest BCUT2D eigenvalue weighted by molar-refractivity contribution is -0.143. The average molecular weight is 316 g/mol. The van der Waals surface area contributed by atoms with Crippen LogP contribution in [0, 0.1) is 5.92 Å². The van der Waals surface area contributed by atoms with Crippen LogP contribution in [0.2, 0.25) is 10.0 Å². The Bertz CT molecular complexity index is 451. The van der Waals surface area contributed by atoms with Gasteiger partial charge in [0.2, 0.25) is 0 Å². The van der Waals surface area contributed by atoms with Gasteiger partial charge in [-0.05, 0) is 63.0 Å². The monoisotopic (exact) mass is 315 g/mol. The summed E-state index contributed by atoms with van der Waals surface area (Å²) >= 11 is 12.3. The molecule has 1 aliphatic rings. The van der Waals surface area contributed by atoms with Gasteiger partial charge in [-0.3, -0.25) is 4.79 Å². The smallest absolute Gasteiger partial charge is 0.306 e. The first kappa shape index (κ1) is 15.6. The van der Waals surface area contributed by atoms with E-state index in [1.165, 1.54) is 0 Å². The second-order valence-electron chi connectivity index (χ2n) is 5.26. The summed E-state index contributed by atoms with van der Waals surface area (Å²) < 4.78 is 0. The number of halogens is 2. The molecular formula is C15H19Cl2NO2. The molecule has 0 aromatic heterocycles. The van der Waals surface area contributed by atoms with Gasteiger partial charge in [-0.15, -0.1) is 0 Å². The first-order chi connectivity index (χ1) is 9.58. The highest BCUT2D eigenvalue weighted by atomic mass is 35.5. The Morgan fingerprint density at radius 1 is 1.25 bits per heavy atom. The van der Waals surface area contributed by atoms with Crippen molar-refractivity contribution in [1.29, 1.82) is 0 Å². The predicted molar refractivity (Wildman–Crippen MR) is 81.6 cm³/mol. The summed E-state index contributed by atoms with van der Waals surface area (Å²) in [6, 6.07) is 5.58. The number of benzene rings is 1. The van der Waals surface area contributed by atoms with Crippen LogP contribution in [0.5, 0.6) is 0 Å². The predicted octanol–water partition coefficient (Wildman–Crippen LogP) is 3.72. The molecule has 0 spiro atoms. The van der Waals surface area contributed by atoms with Crippen molar-refractivity contribution in [3.63, 3.8) is 0 Å². The summed E-state index contributed by atoms with van der Waals surface area (Å²) in [6.07, 6.45) is 3.35. The van der Waals surface area contributed by atoms with Gasteiger partial charge in [0.05, 0.1) is 5.92 Å². The number of likely N-dealkylation sites (tertiary alicyclic amines) is 1. The standard InChI is InChI=1S/C15H19Cl2NO2/c16-13-4-1-5-14(17)12(13)3-2-8-18-9-6-11(7-10-18)15(19)20/h1,4-5,11H,2-3,6-10H2,(H,19,20). The summed E-state index contributed by atoms with van der Waals surface area (Å²) in [6.45, 7) is 2.70. The summed E-state index contributed by atoms with van der Waals surface area (Å²) in [7, 11) is 0. The lowest BCUT2D eigenvalue weighted by Crippen LogP contribution is -2.36. The van der Waals surface area contributed by atoms with E-state index in [2.05, 4.69) is 4.90 Å². The molecular weight excluding hydrogens is 297 g/mol. The summed E-state index contributed by atoms with van der Waals surface area (Å²) in [5.41, 5.74) is 1.01. The number of nitrogens with zero attached hydrogens (tertiary/aromatic N) is 1. The minimum atomic E-state index is -0.660. The van der Waals surface area contributed by atoms with Crippen molar-refractivity contribution >= 4 is 29.2 Å². The summed E-state index contributed by atoms with van der Waals surface area (Å²) in [5, 5.41) is 10.4. The molecule has 0 radical (unpaired) electrons. The topological polar surface area (TPSA) is 40.5 Å². The molecule has 1 heterocycles. The molecule has 0 atom stereocenters. The van der Waals surface area contributed by atoms with Crippen molar-refractivity contribution in [3.8, 4) is 0 Å². The van der Waals surface area contributed by atoms with E-state index in [4.69, 9.17) is 28.3 Å². The summed E-state index contributed by atoms with van der Waals surface area (Å²) in [5.74, 6) is -0.822. The number of hydrogen-bond donors (Lipinski definition) is 1. The third-order valence-electron chi connectivity index (χ3n) is 3.90. The maximum Gasteiger partial charge on any atom is 0.306 e. The van der Waals surface area contributed by atoms with E-state index < -0.39 is 5.97 Å². The van der Waals surface area contributed by atoms with Gasteiger partial charge >= 0.3 is 5.97 Å². The highest BCUT2D eigenvalue weighted by Gasteiger charge is 2.23. The minimum absolute atomic E-state index is 0.163. The van der Waals surface area contributed by atoms with Gasteiger partial charge < -0.3 is 10.0 Å². The SMILES string of the molecule is O=C(O)C1CCN(CCCc2c(Cl)cccc2Cl)CC1. The zero-order chi connectivity index (χ0) is 14.5. The molecule has 1 N–H and O–H groups in total. The Balaban J connectivity index is 1.76. The van der Waals surface area contributed by atoms with Crippen LogP contribution >= 0.6 is 23.2 Å². The maximum atomic E-state index is 10.9. The molecule has 2 rings (SSSR count). The molecule has 20 heavy (non-hydrogen) atoms. The molecule has 1 aromatic rings. The van der Waals surface area contributed by atoms with Crippen LogP contribution in [0.25, 0.3) is 0 Å². The number of carbonyl (C=O) groups is 1. The molecule has 0 bridgehead atoms. The fraction of sp³-hybridized carbons (Fsp3) is 0.533. The molecule has 0 amide bonds. The van der Waals surface area contributed by atoms with Crippen molar-refractivity contribution in [1.82, 2.24) is 4.90 Å². The third kappa shape index (κ3) is 4.11. The maximum absolute atomic E-state index is 10.9. The first-order valence-electron chi connectivity index (χ1n) is 6.96. The Kier molecular flexibility index (Phi) is 5.70. The van der Waals surface area contributed by atoms with Crippen molar-refractivity contribution < 1.29 is 9.90 Å². The van der Waals surface area contributed by atoms with Gasteiger partial charge in [-0.2, -0.15) is 0 Å². The van der Waals surface area contributed by atoms with E-state index in [0.29, 0.717) is 0 Å². The minimum Gasteiger partial charge on any atom is -0.481 e. The number of rotatable bonds is 5. The van der Waals surface area contributed by atoms with Gasteiger partial charge in [-0.25, -0.2) is 0 Å². The Morgan fingerprint density at radius 2 is 1.85 bits per heavy atom. The Morgan fingerprint density at radius 3 is 2.40 bits per heavy atom. The van der Waals surface area contributed by atoms with E-state index in [-0.39, 0.29) is 5.92 Å². The molecule has 1 aromatic carbocycles. The van der Waals surface area contributed by atoms with Crippen LogP contribution in [-0.2, 0) is 11.2 Å². The molecule has 1 aliphatic heterocycles. The van der Waals surface area contributed by atoms with Crippen LogP contribution in [0.15, 0.2) is 18.2 Å². The fourth-order valence-corrected chi connectivity index (χ4v) is 3.24. The van der Waals surface area contributed by atoms with E-state index in [9.17, 15) is 4.79 Å². The van der Waals surface area contributed by atoms with Crippen LogP contribution in [0.4, 0.5) is 0 Å². The molecule has 1 saturated heterocycles. The normalized spacial score (nSPS) is 17.3. The highest BCUT2D eigenvalue weighted by Crippen LogP contribution is 2.26. The van der Waals surface area contributed by atoms with E-state index in [1.54, 1.807) is 0 Å². The number of aliphatic carboxylic acids is 1. The van der Waals surface area contributed by atoms with Gasteiger partial charge in [0.1, 0.15) is 0 Å². The molecule has 1 fully saturated rings. The Labute approximate surface area is 129 Å². The van der Waals surface area contributed by atoms with E-state index in [0.717, 1.165) is 60.9 Å². The van der Waals surface area contributed by atoms with Crippen LogP contribution in [-0.4, -0.2) is 35.6 Å². The number of carboxylic acids is 1. The van der Waals surface area contributed by atoms with Crippen LogP contribution in [0.1, 0.15) is 24.8 Å². The fourth-order valence-electron chi connectivity index (χ4n) is 2.65. The largest absolute Gasteiger partial charge is 0.481 e. The lowest BCUT2D eigenvalue weighted by Gasteiger charge is -2.29. The summed E-state index contributed by atoms with van der Waals surface area (Å²) in [4.78, 5) is 13.2.